The van der Waals surface area contributed by atoms with E-state index in [1.54, 1.807) is 0 Å². The van der Waals surface area contributed by atoms with E-state index in [4.69, 9.17) is 8.83 Å². The molecule has 0 amide bonds. The zero-order valence-corrected chi connectivity index (χ0v) is 27.6. The maximum atomic E-state index is 6.70. The van der Waals surface area contributed by atoms with Crippen molar-refractivity contribution in [2.45, 2.75) is 0 Å². The van der Waals surface area contributed by atoms with Crippen LogP contribution in [0, 0.1) is 0 Å². The second kappa shape index (κ2) is 10.6. The van der Waals surface area contributed by atoms with Crippen LogP contribution < -0.4 is 4.90 Å². The van der Waals surface area contributed by atoms with Gasteiger partial charge in [0.05, 0.1) is 10.4 Å². The predicted molar refractivity (Wildman–Crippen MR) is 212 cm³/mol. The first-order chi connectivity index (χ1) is 24.8. The standard InChI is InChI=1S/C46H27NO2S/c1-2-11-30(12-3-1)47(31-23-20-29(21-24-31)33-15-8-16-35-34-14-6-7-19-39(34)48-44(33)35)38-18-9-17-37-43-41(50-46(37)38)27-25-36-42-32-13-5-4-10-28(32)22-26-40(42)49-45(36)43/h1-27H. The van der Waals surface area contributed by atoms with Gasteiger partial charge in [-0.15, -0.1) is 11.3 Å². The van der Waals surface area contributed by atoms with Crippen LogP contribution in [0.25, 0.3) is 85.9 Å². The Labute approximate surface area is 290 Å². The van der Waals surface area contributed by atoms with Gasteiger partial charge in [0.2, 0.25) is 0 Å². The van der Waals surface area contributed by atoms with Crippen LogP contribution in [0.4, 0.5) is 17.1 Å². The van der Waals surface area contributed by atoms with Gasteiger partial charge in [0.15, 0.2) is 0 Å². The molecule has 0 bridgehead atoms. The summed E-state index contributed by atoms with van der Waals surface area (Å²) in [6.45, 7) is 0. The Morgan fingerprint density at radius 1 is 0.420 bits per heavy atom. The van der Waals surface area contributed by atoms with Gasteiger partial charge in [-0.2, -0.15) is 0 Å². The van der Waals surface area contributed by atoms with Crippen LogP contribution in [-0.2, 0) is 0 Å². The average molecular weight is 658 g/mol. The lowest BCUT2D eigenvalue weighted by molar-refractivity contribution is 0.670. The molecule has 3 heterocycles. The zero-order valence-electron chi connectivity index (χ0n) is 26.8. The monoisotopic (exact) mass is 657 g/mol. The molecule has 0 spiro atoms. The predicted octanol–water partition coefficient (Wildman–Crippen LogP) is 14.1. The van der Waals surface area contributed by atoms with Crippen molar-refractivity contribution in [3.8, 4) is 11.1 Å². The minimum absolute atomic E-state index is 0.909. The van der Waals surface area contributed by atoms with Crippen molar-refractivity contribution in [2.75, 3.05) is 4.90 Å². The third kappa shape index (κ3) is 3.97. The van der Waals surface area contributed by atoms with Crippen LogP contribution in [0.1, 0.15) is 0 Å². The average Bonchev–Trinajstić information content (AvgIpc) is 3.87. The van der Waals surface area contributed by atoms with E-state index >= 15 is 0 Å². The molecule has 3 aromatic heterocycles. The summed E-state index contributed by atoms with van der Waals surface area (Å²) in [6.07, 6.45) is 0. The second-order valence-electron chi connectivity index (χ2n) is 12.8. The number of benzene rings is 8. The molecular formula is C46H27NO2S. The summed E-state index contributed by atoms with van der Waals surface area (Å²) < 4.78 is 15.5. The van der Waals surface area contributed by atoms with E-state index in [2.05, 4.69) is 157 Å². The van der Waals surface area contributed by atoms with E-state index in [1.807, 2.05) is 23.5 Å². The number of rotatable bonds is 4. The Kier molecular flexibility index (Phi) is 5.83. The third-order valence-electron chi connectivity index (χ3n) is 10.1. The van der Waals surface area contributed by atoms with E-state index in [1.165, 1.54) is 36.3 Å². The summed E-state index contributed by atoms with van der Waals surface area (Å²) in [5.74, 6) is 0. The highest BCUT2D eigenvalue weighted by Gasteiger charge is 2.21. The van der Waals surface area contributed by atoms with Gasteiger partial charge >= 0.3 is 0 Å². The smallest absolute Gasteiger partial charge is 0.144 e. The summed E-state index contributed by atoms with van der Waals surface area (Å²) in [5.41, 5.74) is 9.23. The van der Waals surface area contributed by atoms with Gasteiger partial charge in [-0.25, -0.2) is 0 Å². The molecule has 0 aliphatic heterocycles. The highest BCUT2D eigenvalue weighted by Crippen LogP contribution is 2.48. The number of thiophene rings is 1. The highest BCUT2D eigenvalue weighted by molar-refractivity contribution is 7.26. The molecular weight excluding hydrogens is 631 g/mol. The van der Waals surface area contributed by atoms with Crippen molar-refractivity contribution in [3.63, 3.8) is 0 Å². The molecule has 0 unspecified atom stereocenters. The first kappa shape index (κ1) is 27.6. The fourth-order valence-electron chi connectivity index (χ4n) is 7.82. The molecule has 0 radical (unpaired) electrons. The molecule has 0 saturated carbocycles. The van der Waals surface area contributed by atoms with Gasteiger partial charge < -0.3 is 13.7 Å². The molecule has 0 saturated heterocycles. The van der Waals surface area contributed by atoms with Crippen molar-refractivity contribution >= 4 is 103 Å². The van der Waals surface area contributed by atoms with E-state index in [0.717, 1.165) is 66.7 Å². The van der Waals surface area contributed by atoms with Crippen molar-refractivity contribution in [2.24, 2.45) is 0 Å². The lowest BCUT2D eigenvalue weighted by atomic mass is 10.0. The van der Waals surface area contributed by atoms with Crippen molar-refractivity contribution in [1.29, 1.82) is 0 Å². The molecule has 4 heteroatoms. The molecule has 0 N–H and O–H groups in total. The Balaban J connectivity index is 1.10. The largest absolute Gasteiger partial charge is 0.455 e. The molecule has 11 aromatic rings. The summed E-state index contributed by atoms with van der Waals surface area (Å²) >= 11 is 1.82. The molecule has 8 aromatic carbocycles. The topological polar surface area (TPSA) is 29.5 Å². The van der Waals surface area contributed by atoms with Crippen molar-refractivity contribution in [1.82, 2.24) is 0 Å². The van der Waals surface area contributed by atoms with Gasteiger partial charge in [-0.05, 0) is 70.9 Å². The van der Waals surface area contributed by atoms with E-state index in [0.29, 0.717) is 0 Å². The Bertz CT molecular complexity index is 3090. The number of nitrogens with zero attached hydrogens (tertiary/aromatic N) is 1. The number of anilines is 3. The lowest BCUT2D eigenvalue weighted by Crippen LogP contribution is -2.09. The molecule has 11 rings (SSSR count). The van der Waals surface area contributed by atoms with E-state index in [-0.39, 0.29) is 0 Å². The van der Waals surface area contributed by atoms with Gasteiger partial charge in [0, 0.05) is 54.0 Å². The summed E-state index contributed by atoms with van der Waals surface area (Å²) in [4.78, 5) is 2.37. The number of furan rings is 2. The Hall–Kier alpha value is -6.36. The minimum Gasteiger partial charge on any atom is -0.455 e. The quantitative estimate of drug-likeness (QED) is 0.189. The summed E-state index contributed by atoms with van der Waals surface area (Å²) in [7, 11) is 0. The fraction of sp³-hybridized carbons (Fsp3) is 0. The summed E-state index contributed by atoms with van der Waals surface area (Å²) in [6, 6.07) is 58.1. The maximum Gasteiger partial charge on any atom is 0.144 e. The van der Waals surface area contributed by atoms with Crippen molar-refractivity contribution in [3.05, 3.63) is 164 Å². The van der Waals surface area contributed by atoms with Crippen LogP contribution in [0.15, 0.2) is 173 Å². The van der Waals surface area contributed by atoms with Gasteiger partial charge in [0.1, 0.15) is 22.3 Å². The minimum atomic E-state index is 0.909. The van der Waals surface area contributed by atoms with Crippen LogP contribution in [0.3, 0.4) is 0 Å². The van der Waals surface area contributed by atoms with Crippen molar-refractivity contribution < 1.29 is 8.83 Å². The van der Waals surface area contributed by atoms with Gasteiger partial charge in [-0.3, -0.25) is 0 Å². The van der Waals surface area contributed by atoms with Crippen LogP contribution in [0.2, 0.25) is 0 Å². The van der Waals surface area contributed by atoms with Gasteiger partial charge in [-0.1, -0.05) is 109 Å². The second-order valence-corrected chi connectivity index (χ2v) is 13.9. The number of fused-ring (bicyclic) bond motifs is 12. The molecule has 234 valence electrons. The van der Waals surface area contributed by atoms with Crippen LogP contribution in [0.5, 0.6) is 0 Å². The highest BCUT2D eigenvalue weighted by atomic mass is 32.1. The number of para-hydroxylation sites is 3. The van der Waals surface area contributed by atoms with Gasteiger partial charge in [0.25, 0.3) is 0 Å². The molecule has 50 heavy (non-hydrogen) atoms. The third-order valence-corrected chi connectivity index (χ3v) is 11.3. The molecule has 3 nitrogen and oxygen atoms in total. The molecule has 0 fully saturated rings. The normalized spacial score (nSPS) is 12.0. The van der Waals surface area contributed by atoms with Crippen LogP contribution >= 0.6 is 11.3 Å². The Morgan fingerprint density at radius 3 is 2.04 bits per heavy atom. The SMILES string of the molecule is c1ccc(N(c2ccc(-c3cccc4c3oc3ccccc34)cc2)c2cccc3c2sc2ccc4c(oc5ccc6ccccc6c54)c23)cc1. The summed E-state index contributed by atoms with van der Waals surface area (Å²) in [5, 5.41) is 9.43. The van der Waals surface area contributed by atoms with Crippen LogP contribution in [-0.4, -0.2) is 0 Å². The lowest BCUT2D eigenvalue weighted by Gasteiger charge is -2.26. The Morgan fingerprint density at radius 2 is 1.14 bits per heavy atom. The fourth-order valence-corrected chi connectivity index (χ4v) is 9.02. The van der Waals surface area contributed by atoms with E-state index in [9.17, 15) is 0 Å². The maximum absolute atomic E-state index is 6.70. The number of hydrogen-bond donors (Lipinski definition) is 0. The number of hydrogen-bond acceptors (Lipinski definition) is 4. The van der Waals surface area contributed by atoms with E-state index < -0.39 is 0 Å². The molecule has 0 atom stereocenters. The first-order valence-electron chi connectivity index (χ1n) is 16.8. The molecule has 0 aliphatic rings. The zero-order chi connectivity index (χ0) is 32.8. The first-order valence-corrected chi connectivity index (χ1v) is 17.7. The molecule has 0 aliphatic carbocycles.